The molecule has 30 heavy (non-hydrogen) atoms. The van der Waals surface area contributed by atoms with Crippen molar-refractivity contribution in [3.05, 3.63) is 52.8 Å². The number of nitrogens with zero attached hydrogens (tertiary/aromatic N) is 4. The van der Waals surface area contributed by atoms with Gasteiger partial charge in [0.1, 0.15) is 0 Å². The van der Waals surface area contributed by atoms with Gasteiger partial charge in [0.25, 0.3) is 5.91 Å². The number of nitrogens with one attached hydrogen (secondary N) is 2. The highest BCUT2D eigenvalue weighted by molar-refractivity contribution is 5.94. The summed E-state index contributed by atoms with van der Waals surface area (Å²) in [5, 5.41) is 11.0. The van der Waals surface area contributed by atoms with Gasteiger partial charge in [0.15, 0.2) is 5.96 Å². The zero-order chi connectivity index (χ0) is 22.3. The van der Waals surface area contributed by atoms with Crippen LogP contribution in [0.15, 0.2) is 35.5 Å². The summed E-state index contributed by atoms with van der Waals surface area (Å²) in [6, 6.07) is 7.86. The number of benzene rings is 1. The molecule has 1 unspecified atom stereocenters. The number of rotatable bonds is 8. The third-order valence-electron chi connectivity index (χ3n) is 5.09. The molecule has 2 aromatic rings. The van der Waals surface area contributed by atoms with E-state index in [2.05, 4.69) is 52.6 Å². The van der Waals surface area contributed by atoms with Crippen LogP contribution in [-0.4, -0.2) is 46.7 Å². The summed E-state index contributed by atoms with van der Waals surface area (Å²) in [4.78, 5) is 18.9. The molecular weight excluding hydrogens is 376 g/mol. The minimum atomic E-state index is -0.0366. The Morgan fingerprint density at radius 1 is 1.30 bits per heavy atom. The molecule has 2 rings (SSSR count). The number of aromatic nitrogens is 2. The first-order chi connectivity index (χ1) is 14.2. The third-order valence-corrected chi connectivity index (χ3v) is 5.09. The van der Waals surface area contributed by atoms with Crippen LogP contribution in [-0.2, 0) is 20.1 Å². The Labute approximate surface area is 180 Å². The van der Waals surface area contributed by atoms with Gasteiger partial charge >= 0.3 is 0 Å². The van der Waals surface area contributed by atoms with Crippen molar-refractivity contribution in [2.75, 3.05) is 14.1 Å². The summed E-state index contributed by atoms with van der Waals surface area (Å²) in [6.45, 7) is 9.69. The normalized spacial score (nSPS) is 12.7. The Morgan fingerprint density at radius 2 is 2.03 bits per heavy atom. The summed E-state index contributed by atoms with van der Waals surface area (Å²) in [6.07, 6.45) is 2.98. The molecule has 1 amide bonds. The van der Waals surface area contributed by atoms with Gasteiger partial charge in [0.05, 0.1) is 5.69 Å². The third kappa shape index (κ3) is 6.34. The van der Waals surface area contributed by atoms with Crippen molar-refractivity contribution in [2.24, 2.45) is 12.0 Å². The molecule has 0 spiro atoms. The van der Waals surface area contributed by atoms with Crippen molar-refractivity contribution < 1.29 is 4.79 Å². The molecule has 0 aliphatic rings. The van der Waals surface area contributed by atoms with Crippen LogP contribution < -0.4 is 10.6 Å². The summed E-state index contributed by atoms with van der Waals surface area (Å²) in [7, 11) is 5.75. The second-order valence-electron chi connectivity index (χ2n) is 8.11. The molecule has 0 saturated carbocycles. The summed E-state index contributed by atoms with van der Waals surface area (Å²) < 4.78 is 1.87. The molecular formula is C23H36N6O. The number of amides is 1. The average molecular weight is 413 g/mol. The van der Waals surface area contributed by atoms with Crippen LogP contribution in [0.2, 0.25) is 0 Å². The standard InChI is InChI=1S/C23H36N6O/c1-8-17(4)26-22(30)19-11-9-10-18(12-19)13-25-23(24-5)28(6)14-20-15-29(7)27-21(20)16(2)3/h9-12,15-17H,8,13-14H2,1-7H3,(H,24,25)(H,26,30). The lowest BCUT2D eigenvalue weighted by molar-refractivity contribution is 0.0939. The molecule has 1 atom stereocenters. The lowest BCUT2D eigenvalue weighted by atomic mass is 10.1. The Morgan fingerprint density at radius 3 is 2.67 bits per heavy atom. The van der Waals surface area contributed by atoms with Crippen LogP contribution in [0, 0.1) is 0 Å². The van der Waals surface area contributed by atoms with Gasteiger partial charge in [-0.25, -0.2) is 0 Å². The maximum atomic E-state index is 12.4. The topological polar surface area (TPSA) is 74.6 Å². The van der Waals surface area contributed by atoms with Gasteiger partial charge in [-0.3, -0.25) is 14.5 Å². The van der Waals surface area contributed by atoms with Crippen LogP contribution in [0.3, 0.4) is 0 Å². The summed E-state index contributed by atoms with van der Waals surface area (Å²) in [5.41, 5.74) is 4.02. The monoisotopic (exact) mass is 412 g/mol. The zero-order valence-corrected chi connectivity index (χ0v) is 19.4. The molecule has 0 fully saturated rings. The molecule has 1 heterocycles. The molecule has 7 heteroatoms. The van der Waals surface area contributed by atoms with Gasteiger partial charge in [-0.05, 0) is 37.0 Å². The first kappa shape index (κ1) is 23.4. The van der Waals surface area contributed by atoms with Gasteiger partial charge in [-0.2, -0.15) is 5.10 Å². The van der Waals surface area contributed by atoms with Crippen molar-refractivity contribution in [2.45, 2.75) is 59.2 Å². The second kappa shape index (κ2) is 10.8. The molecule has 0 radical (unpaired) electrons. The molecule has 164 valence electrons. The predicted molar refractivity (Wildman–Crippen MR) is 123 cm³/mol. The van der Waals surface area contributed by atoms with Crippen LogP contribution in [0.1, 0.15) is 67.2 Å². The first-order valence-electron chi connectivity index (χ1n) is 10.6. The molecule has 0 bridgehead atoms. The van der Waals surface area contributed by atoms with Crippen LogP contribution in [0.25, 0.3) is 0 Å². The fourth-order valence-electron chi connectivity index (χ4n) is 3.29. The van der Waals surface area contributed by atoms with Crippen molar-refractivity contribution in [3.63, 3.8) is 0 Å². The van der Waals surface area contributed by atoms with Gasteiger partial charge in [0.2, 0.25) is 0 Å². The number of guanidine groups is 1. The second-order valence-corrected chi connectivity index (χ2v) is 8.11. The average Bonchev–Trinajstić information content (AvgIpc) is 3.08. The highest BCUT2D eigenvalue weighted by atomic mass is 16.1. The number of carbonyl (C=O) groups is 1. The first-order valence-corrected chi connectivity index (χ1v) is 10.6. The summed E-state index contributed by atoms with van der Waals surface area (Å²) >= 11 is 0. The van der Waals surface area contributed by atoms with Gasteiger partial charge < -0.3 is 15.5 Å². The molecule has 2 N–H and O–H groups in total. The van der Waals surface area contributed by atoms with E-state index < -0.39 is 0 Å². The van der Waals surface area contributed by atoms with E-state index in [4.69, 9.17) is 0 Å². The fourth-order valence-corrected chi connectivity index (χ4v) is 3.29. The van der Waals surface area contributed by atoms with E-state index in [0.29, 0.717) is 18.0 Å². The quantitative estimate of drug-likeness (QED) is 0.515. The molecule has 0 aliphatic heterocycles. The van der Waals surface area contributed by atoms with E-state index in [-0.39, 0.29) is 11.9 Å². The Balaban J connectivity index is 2.02. The maximum Gasteiger partial charge on any atom is 0.251 e. The van der Waals surface area contributed by atoms with E-state index in [0.717, 1.165) is 30.2 Å². The highest BCUT2D eigenvalue weighted by Gasteiger charge is 2.15. The van der Waals surface area contributed by atoms with Crippen LogP contribution in [0.4, 0.5) is 0 Å². The predicted octanol–water partition coefficient (Wildman–Crippen LogP) is 3.28. The van der Waals surface area contributed by atoms with Crippen LogP contribution >= 0.6 is 0 Å². The highest BCUT2D eigenvalue weighted by Crippen LogP contribution is 2.18. The van der Waals surface area contributed by atoms with Gasteiger partial charge in [-0.15, -0.1) is 0 Å². The molecule has 0 saturated heterocycles. The van der Waals surface area contributed by atoms with E-state index in [1.165, 1.54) is 5.56 Å². The summed E-state index contributed by atoms with van der Waals surface area (Å²) in [5.74, 6) is 1.13. The number of hydrogen-bond acceptors (Lipinski definition) is 3. The Hall–Kier alpha value is -2.83. The number of hydrogen-bond donors (Lipinski definition) is 2. The van der Waals surface area contributed by atoms with Gasteiger partial charge in [-0.1, -0.05) is 32.9 Å². The lowest BCUT2D eigenvalue weighted by Gasteiger charge is -2.22. The maximum absolute atomic E-state index is 12.4. The largest absolute Gasteiger partial charge is 0.352 e. The molecule has 1 aromatic carbocycles. The molecule has 1 aromatic heterocycles. The molecule has 0 aliphatic carbocycles. The van der Waals surface area contributed by atoms with E-state index in [1.54, 1.807) is 7.05 Å². The smallest absolute Gasteiger partial charge is 0.251 e. The van der Waals surface area contributed by atoms with Crippen LogP contribution in [0.5, 0.6) is 0 Å². The molecule has 7 nitrogen and oxygen atoms in total. The lowest BCUT2D eigenvalue weighted by Crippen LogP contribution is -2.38. The number of aliphatic imine (C=N–C) groups is 1. The van der Waals surface area contributed by atoms with E-state index >= 15 is 0 Å². The van der Waals surface area contributed by atoms with E-state index in [1.807, 2.05) is 50.0 Å². The number of carbonyl (C=O) groups excluding carboxylic acids is 1. The Bertz CT molecular complexity index is 870. The fraction of sp³-hybridized carbons (Fsp3) is 0.522. The van der Waals surface area contributed by atoms with Crippen molar-refractivity contribution in [3.8, 4) is 0 Å². The van der Waals surface area contributed by atoms with Gasteiger partial charge in [0, 0.05) is 57.6 Å². The number of aryl methyl sites for hydroxylation is 1. The minimum Gasteiger partial charge on any atom is -0.352 e. The Kier molecular flexibility index (Phi) is 8.45. The SMILES string of the molecule is CCC(C)NC(=O)c1cccc(CNC(=NC)N(C)Cc2cn(C)nc2C(C)C)c1. The minimum absolute atomic E-state index is 0.0366. The van der Waals surface area contributed by atoms with Crippen molar-refractivity contribution >= 4 is 11.9 Å². The van der Waals surface area contributed by atoms with Crippen molar-refractivity contribution in [1.29, 1.82) is 0 Å². The van der Waals surface area contributed by atoms with E-state index in [9.17, 15) is 4.79 Å². The zero-order valence-electron chi connectivity index (χ0n) is 19.4. The van der Waals surface area contributed by atoms with Crippen molar-refractivity contribution in [1.82, 2.24) is 25.3 Å².